The Labute approximate surface area is 189 Å². The molecule has 2 aromatic carbocycles. The first-order valence-electron chi connectivity index (χ1n) is 11.1. The lowest BCUT2D eigenvalue weighted by molar-refractivity contribution is 0.0595. The van der Waals surface area contributed by atoms with Crippen LogP contribution in [0.1, 0.15) is 57.1 Å². The Hall–Kier alpha value is -3.81. The third kappa shape index (κ3) is 3.33. The van der Waals surface area contributed by atoms with E-state index in [1.807, 2.05) is 18.2 Å². The van der Waals surface area contributed by atoms with E-state index in [-0.39, 0.29) is 17.8 Å². The number of rotatable bonds is 3. The molecule has 0 fully saturated rings. The smallest absolute Gasteiger partial charge is 0.275 e. The van der Waals surface area contributed by atoms with Crippen molar-refractivity contribution < 1.29 is 13.6 Å². The minimum Gasteiger partial charge on any atom is -0.423 e. The van der Waals surface area contributed by atoms with Crippen LogP contribution in [-0.2, 0) is 25.8 Å². The van der Waals surface area contributed by atoms with E-state index in [1.165, 1.54) is 17.7 Å². The first kappa shape index (κ1) is 19.8. The third-order valence-electron chi connectivity index (χ3n) is 6.54. The summed E-state index contributed by atoms with van der Waals surface area (Å²) in [6, 6.07) is 14.0. The average molecular weight is 443 g/mol. The van der Waals surface area contributed by atoms with Crippen molar-refractivity contribution in [2.75, 3.05) is 0 Å². The molecule has 4 aromatic rings. The Morgan fingerprint density at radius 2 is 1.85 bits per heavy atom. The number of hydrogen-bond acceptors (Lipinski definition) is 5. The van der Waals surface area contributed by atoms with E-state index in [1.54, 1.807) is 28.6 Å². The summed E-state index contributed by atoms with van der Waals surface area (Å²) in [5, 5.41) is 13.0. The highest BCUT2D eigenvalue weighted by Crippen LogP contribution is 2.36. The van der Waals surface area contributed by atoms with Gasteiger partial charge in [-0.3, -0.25) is 4.79 Å². The van der Waals surface area contributed by atoms with Crippen molar-refractivity contribution in [3.05, 3.63) is 94.2 Å². The van der Waals surface area contributed by atoms with Gasteiger partial charge in [0.1, 0.15) is 11.9 Å². The first-order chi connectivity index (χ1) is 16.1. The number of carbonyl (C=O) groups is 1. The Bertz CT molecular complexity index is 1360. The monoisotopic (exact) mass is 443 g/mol. The van der Waals surface area contributed by atoms with E-state index >= 15 is 0 Å². The molecule has 33 heavy (non-hydrogen) atoms. The van der Waals surface area contributed by atoms with Crippen molar-refractivity contribution in [1.29, 1.82) is 0 Å². The van der Waals surface area contributed by atoms with Gasteiger partial charge in [0.25, 0.3) is 5.91 Å². The van der Waals surface area contributed by atoms with Crippen molar-refractivity contribution in [2.24, 2.45) is 0 Å². The minimum atomic E-state index is -0.360. The van der Waals surface area contributed by atoms with Crippen molar-refractivity contribution in [2.45, 2.75) is 45.2 Å². The molecule has 8 heteroatoms. The van der Waals surface area contributed by atoms with E-state index in [2.05, 4.69) is 16.3 Å². The number of amides is 1. The summed E-state index contributed by atoms with van der Waals surface area (Å²) in [5.41, 5.74) is 5.47. The fraction of sp³-hybridized carbons (Fsp3) is 0.280. The van der Waals surface area contributed by atoms with Gasteiger partial charge in [0.05, 0.1) is 5.69 Å². The molecule has 0 saturated carbocycles. The number of aromatic nitrogens is 4. The molecule has 1 atom stereocenters. The molecule has 1 unspecified atom stereocenters. The highest BCUT2D eigenvalue weighted by atomic mass is 19.1. The van der Waals surface area contributed by atoms with E-state index in [0.29, 0.717) is 30.4 Å². The van der Waals surface area contributed by atoms with E-state index in [4.69, 9.17) is 9.52 Å². The molecular weight excluding hydrogens is 421 g/mol. The highest BCUT2D eigenvalue weighted by Gasteiger charge is 2.38. The number of carbonyl (C=O) groups excluding carboxylic acids is 1. The quantitative estimate of drug-likeness (QED) is 0.476. The normalized spacial score (nSPS) is 17.2. The molecule has 1 aliphatic heterocycles. The second kappa shape index (κ2) is 7.65. The number of benzene rings is 2. The summed E-state index contributed by atoms with van der Waals surface area (Å²) < 4.78 is 21.0. The zero-order valence-electron chi connectivity index (χ0n) is 18.2. The molecule has 0 saturated heterocycles. The molecule has 0 bridgehead atoms. The summed E-state index contributed by atoms with van der Waals surface area (Å²) in [7, 11) is 0. The van der Waals surface area contributed by atoms with Gasteiger partial charge in [0.15, 0.2) is 5.69 Å². The molecular formula is C25H22FN5O2. The Morgan fingerprint density at radius 3 is 2.61 bits per heavy atom. The van der Waals surface area contributed by atoms with Gasteiger partial charge in [-0.05, 0) is 54.7 Å². The summed E-state index contributed by atoms with van der Waals surface area (Å²) in [5.74, 6) is 0.454. The fourth-order valence-corrected chi connectivity index (χ4v) is 4.94. The van der Waals surface area contributed by atoms with Gasteiger partial charge in [-0.15, -0.1) is 10.2 Å². The van der Waals surface area contributed by atoms with Gasteiger partial charge < -0.3 is 9.32 Å². The summed E-state index contributed by atoms with van der Waals surface area (Å²) >= 11 is 0. The lowest BCUT2D eigenvalue weighted by Crippen LogP contribution is -2.39. The maximum absolute atomic E-state index is 14.0. The van der Waals surface area contributed by atoms with Crippen LogP contribution in [-0.4, -0.2) is 30.8 Å². The van der Waals surface area contributed by atoms with Crippen molar-refractivity contribution in [1.82, 2.24) is 24.9 Å². The molecule has 2 aromatic heterocycles. The summed E-state index contributed by atoms with van der Waals surface area (Å²) in [4.78, 5) is 15.8. The van der Waals surface area contributed by atoms with Gasteiger partial charge in [0, 0.05) is 31.1 Å². The predicted molar refractivity (Wildman–Crippen MR) is 117 cm³/mol. The predicted octanol–water partition coefficient (Wildman–Crippen LogP) is 4.13. The van der Waals surface area contributed by atoms with E-state index in [0.717, 1.165) is 41.8 Å². The van der Waals surface area contributed by atoms with Crippen LogP contribution in [0.25, 0.3) is 5.69 Å². The molecule has 6 rings (SSSR count). The standard InChI is InChI=1S/C25H22FN5O2/c1-15-27-28-24(33-15)22-13-16-5-2-3-6-17(16)14-30(22)25(32)23-20-7-4-8-21(20)31(29-23)19-11-9-18(26)10-12-19/h2-3,5-6,9-12,22H,4,7-8,13-14H2,1H3. The van der Waals surface area contributed by atoms with Crippen molar-refractivity contribution in [3.8, 4) is 5.69 Å². The summed E-state index contributed by atoms with van der Waals surface area (Å²) in [6.07, 6.45) is 3.20. The summed E-state index contributed by atoms with van der Waals surface area (Å²) in [6.45, 7) is 2.19. The molecule has 0 spiro atoms. The Balaban J connectivity index is 1.43. The van der Waals surface area contributed by atoms with Gasteiger partial charge in [0.2, 0.25) is 11.8 Å². The second-order valence-corrected chi connectivity index (χ2v) is 8.60. The number of hydrogen-bond donors (Lipinski definition) is 0. The maximum atomic E-state index is 14.0. The van der Waals surface area contributed by atoms with Crippen LogP contribution in [0, 0.1) is 12.7 Å². The van der Waals surface area contributed by atoms with Crippen LogP contribution < -0.4 is 0 Å². The number of nitrogens with zero attached hydrogens (tertiary/aromatic N) is 5. The van der Waals surface area contributed by atoms with Crippen LogP contribution in [0.3, 0.4) is 0 Å². The van der Waals surface area contributed by atoms with E-state index < -0.39 is 0 Å². The number of aryl methyl sites for hydroxylation is 1. The van der Waals surface area contributed by atoms with Gasteiger partial charge >= 0.3 is 0 Å². The Kier molecular flexibility index (Phi) is 4.60. The zero-order valence-corrected chi connectivity index (χ0v) is 18.2. The van der Waals surface area contributed by atoms with Gasteiger partial charge in [-0.25, -0.2) is 9.07 Å². The van der Waals surface area contributed by atoms with Crippen LogP contribution in [0.4, 0.5) is 4.39 Å². The van der Waals surface area contributed by atoms with Crippen LogP contribution in [0.5, 0.6) is 0 Å². The molecule has 3 heterocycles. The largest absolute Gasteiger partial charge is 0.423 e. The maximum Gasteiger partial charge on any atom is 0.275 e. The number of halogens is 1. The molecule has 1 aliphatic carbocycles. The van der Waals surface area contributed by atoms with Crippen LogP contribution in [0.15, 0.2) is 52.9 Å². The van der Waals surface area contributed by atoms with Crippen molar-refractivity contribution >= 4 is 5.91 Å². The van der Waals surface area contributed by atoms with Crippen LogP contribution in [0.2, 0.25) is 0 Å². The lowest BCUT2D eigenvalue weighted by Gasteiger charge is -2.34. The molecule has 166 valence electrons. The molecule has 0 radical (unpaired) electrons. The molecule has 1 amide bonds. The average Bonchev–Trinajstić information content (AvgIpc) is 3.55. The minimum absolute atomic E-state index is 0.149. The van der Waals surface area contributed by atoms with Gasteiger partial charge in [-0.1, -0.05) is 24.3 Å². The highest BCUT2D eigenvalue weighted by molar-refractivity contribution is 5.94. The SMILES string of the molecule is Cc1nnc(C2Cc3ccccc3CN2C(=O)c2nn(-c3ccc(F)cc3)c3c2CCC3)o1. The first-order valence-corrected chi connectivity index (χ1v) is 11.1. The molecule has 2 aliphatic rings. The van der Waals surface area contributed by atoms with Crippen molar-refractivity contribution in [3.63, 3.8) is 0 Å². The third-order valence-corrected chi connectivity index (χ3v) is 6.54. The second-order valence-electron chi connectivity index (χ2n) is 8.60. The molecule has 0 N–H and O–H groups in total. The Morgan fingerprint density at radius 1 is 1.06 bits per heavy atom. The van der Waals surface area contributed by atoms with Gasteiger partial charge in [-0.2, -0.15) is 5.10 Å². The van der Waals surface area contributed by atoms with E-state index in [9.17, 15) is 9.18 Å². The number of fused-ring (bicyclic) bond motifs is 2. The van der Waals surface area contributed by atoms with Crippen LogP contribution >= 0.6 is 0 Å². The molecule has 7 nitrogen and oxygen atoms in total. The lowest BCUT2D eigenvalue weighted by atomic mass is 9.93. The fourth-order valence-electron chi connectivity index (χ4n) is 4.94. The zero-order chi connectivity index (χ0) is 22.5. The topological polar surface area (TPSA) is 77.1 Å².